The summed E-state index contributed by atoms with van der Waals surface area (Å²) >= 11 is 0. The zero-order valence-electron chi connectivity index (χ0n) is 36.1. The van der Waals surface area contributed by atoms with E-state index in [9.17, 15) is 85.1 Å². The molecule has 5 saturated heterocycles. The summed E-state index contributed by atoms with van der Waals surface area (Å²) < 4.78 is 101. The van der Waals surface area contributed by atoms with Gasteiger partial charge in [-0.05, 0) is 6.92 Å². The van der Waals surface area contributed by atoms with Gasteiger partial charge >= 0.3 is 15.6 Å². The van der Waals surface area contributed by atoms with E-state index in [2.05, 4.69) is 0 Å². The summed E-state index contributed by atoms with van der Waals surface area (Å²) in [5.74, 6) is 0. The van der Waals surface area contributed by atoms with Gasteiger partial charge in [0.2, 0.25) is 0 Å². The number of methoxy groups -OCH3 is 3. The van der Waals surface area contributed by atoms with Gasteiger partial charge in [0.15, 0.2) is 25.2 Å². The number of hydrogen-bond acceptors (Lipinski definition) is 28. The summed E-state index contributed by atoms with van der Waals surface area (Å²) in [6.45, 7) is -3.15. The number of aliphatic hydroxyl groups excluding tert-OH is 12. The van der Waals surface area contributed by atoms with Crippen LogP contribution in [0.15, 0.2) is 0 Å². The lowest BCUT2D eigenvalue weighted by Gasteiger charge is -2.49. The van der Waals surface area contributed by atoms with Crippen LogP contribution in [-0.4, -0.2) is 284 Å². The van der Waals surface area contributed by atoms with Gasteiger partial charge in [-0.3, -0.25) is 13.6 Å². The van der Waals surface area contributed by atoms with E-state index < -0.39 is 202 Å². The Balaban J connectivity index is 1.42. The third kappa shape index (κ3) is 13.1. The summed E-state index contributed by atoms with van der Waals surface area (Å²) in [5.41, 5.74) is 0. The molecule has 0 aromatic rings. The van der Waals surface area contributed by atoms with Gasteiger partial charge in [0.1, 0.15) is 122 Å². The highest BCUT2D eigenvalue weighted by atomic mass is 31.2. The molecule has 15 N–H and O–H groups in total. The molecule has 26 unspecified atom stereocenters. The average molecular weight is 1030 g/mol. The number of phosphoric ester groups is 2. The lowest BCUT2D eigenvalue weighted by Crippen LogP contribution is -2.67. The molecule has 5 rings (SSSR count). The zero-order valence-corrected chi connectivity index (χ0v) is 37.9. The Bertz CT molecular complexity index is 1610. The number of phosphoric acid groups is 2. The first-order chi connectivity index (χ1) is 31.5. The average Bonchev–Trinajstić information content (AvgIpc) is 3.28. The van der Waals surface area contributed by atoms with Crippen LogP contribution in [0.1, 0.15) is 6.92 Å². The Morgan fingerprint density at radius 3 is 1.37 bits per heavy atom. The molecule has 0 aromatic heterocycles. The molecule has 31 nitrogen and oxygen atoms in total. The second kappa shape index (κ2) is 24.3. The predicted molar refractivity (Wildman–Crippen MR) is 206 cm³/mol. The summed E-state index contributed by atoms with van der Waals surface area (Å²) in [7, 11) is -7.63. The first kappa shape index (κ1) is 57.2. The van der Waals surface area contributed by atoms with Crippen molar-refractivity contribution in [2.24, 2.45) is 0 Å². The highest BCUT2D eigenvalue weighted by Gasteiger charge is 2.57. The van der Waals surface area contributed by atoms with Crippen LogP contribution in [0.25, 0.3) is 0 Å². The van der Waals surface area contributed by atoms with Crippen molar-refractivity contribution in [2.75, 3.05) is 54.4 Å². The van der Waals surface area contributed by atoms with Gasteiger partial charge in [0.05, 0.1) is 39.1 Å². The third-order valence-electron chi connectivity index (χ3n) is 11.7. The normalized spacial score (nSPS) is 47.7. The van der Waals surface area contributed by atoms with E-state index in [0.717, 1.165) is 21.3 Å². The van der Waals surface area contributed by atoms with Crippen molar-refractivity contribution in [3.8, 4) is 0 Å². The minimum atomic E-state index is -5.50. The largest absolute Gasteiger partial charge is 0.473 e. The van der Waals surface area contributed by atoms with Gasteiger partial charge in [-0.1, -0.05) is 0 Å². The van der Waals surface area contributed by atoms with E-state index in [4.69, 9.17) is 65.7 Å². The summed E-state index contributed by atoms with van der Waals surface area (Å²) in [5, 5.41) is 128. The van der Waals surface area contributed by atoms with Crippen LogP contribution >= 0.6 is 15.6 Å². The van der Waals surface area contributed by atoms with Crippen LogP contribution in [0.5, 0.6) is 0 Å². The van der Waals surface area contributed by atoms with Crippen molar-refractivity contribution in [1.82, 2.24) is 0 Å². The molecule has 5 heterocycles. The maximum atomic E-state index is 13.4. The summed E-state index contributed by atoms with van der Waals surface area (Å²) in [6.07, 6.45) is -45.4. The lowest BCUT2D eigenvalue weighted by atomic mass is 9.94. The van der Waals surface area contributed by atoms with E-state index in [-0.39, 0.29) is 0 Å². The maximum Gasteiger partial charge on any atom is 0.473 e. The van der Waals surface area contributed by atoms with Crippen LogP contribution in [-0.2, 0) is 74.8 Å². The van der Waals surface area contributed by atoms with Gasteiger partial charge in [-0.15, -0.1) is 0 Å². The standard InChI is InChI=1S/C34H62O31P2/c1-10-24(64-67(50,51)65-29-14(8-38)57-31(54-4)19(42)18(29)41)22(45)27(13(7-37)56-10)61-33-21(44)17(40)28(15(60-33)9-55-32-20(43)16(39)25(52-2)11(5-35)58-32)62-34-30(63-66(47,48)49)23(46)26(53-3)12(6-36)59-34/h10-46H,5-9H2,1-4H3,(H,50,51)(H2,47,48,49). The maximum absolute atomic E-state index is 13.4. The van der Waals surface area contributed by atoms with E-state index in [1.165, 1.54) is 6.92 Å². The predicted octanol–water partition coefficient (Wildman–Crippen LogP) is -8.66. The first-order valence-corrected chi connectivity index (χ1v) is 23.6. The molecular weight excluding hydrogens is 966 g/mol. The van der Waals surface area contributed by atoms with Crippen molar-refractivity contribution < 1.29 is 151 Å². The molecule has 0 amide bonds. The molecule has 67 heavy (non-hydrogen) atoms. The Labute approximate surface area is 380 Å². The molecular formula is C34H62O31P2. The van der Waals surface area contributed by atoms with Crippen molar-refractivity contribution >= 4 is 15.6 Å². The van der Waals surface area contributed by atoms with Crippen LogP contribution in [0.2, 0.25) is 0 Å². The first-order valence-electron chi connectivity index (χ1n) is 20.6. The lowest BCUT2D eigenvalue weighted by molar-refractivity contribution is -0.378. The van der Waals surface area contributed by atoms with Crippen molar-refractivity contribution in [3.05, 3.63) is 0 Å². The number of rotatable bonds is 20. The van der Waals surface area contributed by atoms with Gasteiger partial charge in [0, 0.05) is 21.3 Å². The molecule has 0 saturated carbocycles. The quantitative estimate of drug-likeness (QED) is 0.0504. The Hall–Kier alpha value is -0.700. The van der Waals surface area contributed by atoms with Crippen LogP contribution in [0, 0.1) is 0 Å². The van der Waals surface area contributed by atoms with Crippen LogP contribution < -0.4 is 0 Å². The van der Waals surface area contributed by atoms with Crippen molar-refractivity contribution in [1.29, 1.82) is 0 Å². The molecule has 0 spiro atoms. The second-order valence-corrected chi connectivity index (χ2v) is 18.6. The highest BCUT2D eigenvalue weighted by Crippen LogP contribution is 2.50. The minimum absolute atomic E-state index is 0.748. The SMILES string of the molecule is COC1OC(CO)C(OP(=O)(O)OC2C(C)OC(CO)C(OC3OC(COC4OC(CO)C(OC)C(O)C4O)C(OC4OC(CO)C(OC)C(O)C4OP(=O)(O)O)C(O)C3O)C2O)C(O)C1O. The number of hydrogen-bond donors (Lipinski definition) is 15. The van der Waals surface area contributed by atoms with Gasteiger partial charge in [-0.25, -0.2) is 9.13 Å². The topological polar surface area (TPSA) is 467 Å². The fraction of sp³-hybridized carbons (Fsp3) is 1.00. The molecule has 0 aliphatic carbocycles. The molecule has 0 bridgehead atoms. The Morgan fingerprint density at radius 1 is 0.418 bits per heavy atom. The zero-order chi connectivity index (χ0) is 49.9. The van der Waals surface area contributed by atoms with E-state index >= 15 is 0 Å². The van der Waals surface area contributed by atoms with Crippen molar-refractivity contribution in [3.63, 3.8) is 0 Å². The van der Waals surface area contributed by atoms with Crippen LogP contribution in [0.4, 0.5) is 0 Å². The smallest absolute Gasteiger partial charge is 0.394 e. The number of ether oxygens (including phenoxy) is 11. The van der Waals surface area contributed by atoms with E-state index in [1.807, 2.05) is 0 Å². The fourth-order valence-corrected chi connectivity index (χ4v) is 10.1. The number of aliphatic hydroxyl groups is 12. The fourth-order valence-electron chi connectivity index (χ4n) is 8.30. The monoisotopic (exact) mass is 1030 g/mol. The molecule has 0 radical (unpaired) electrons. The molecule has 33 heteroatoms. The molecule has 394 valence electrons. The molecule has 5 aliphatic heterocycles. The van der Waals surface area contributed by atoms with Gasteiger partial charge in [-0.2, -0.15) is 0 Å². The molecule has 26 atom stereocenters. The minimum Gasteiger partial charge on any atom is -0.394 e. The molecule has 5 fully saturated rings. The van der Waals surface area contributed by atoms with Crippen molar-refractivity contribution in [2.45, 2.75) is 160 Å². The third-order valence-corrected chi connectivity index (χ3v) is 13.2. The van der Waals surface area contributed by atoms with E-state index in [1.54, 1.807) is 0 Å². The second-order valence-electron chi connectivity index (χ2n) is 16.0. The summed E-state index contributed by atoms with van der Waals surface area (Å²) in [4.78, 5) is 30.2. The molecule has 5 aliphatic rings. The van der Waals surface area contributed by atoms with Crippen LogP contribution in [0.3, 0.4) is 0 Å². The molecule has 0 aromatic carbocycles. The summed E-state index contributed by atoms with van der Waals surface area (Å²) in [6, 6.07) is 0. The Morgan fingerprint density at radius 2 is 0.821 bits per heavy atom. The van der Waals surface area contributed by atoms with E-state index in [0.29, 0.717) is 0 Å². The highest BCUT2D eigenvalue weighted by molar-refractivity contribution is 7.47. The Kier molecular flexibility index (Phi) is 20.8. The van der Waals surface area contributed by atoms with Gasteiger partial charge in [0.25, 0.3) is 0 Å². The van der Waals surface area contributed by atoms with Gasteiger partial charge < -0.3 is 128 Å².